The van der Waals surface area contributed by atoms with Gasteiger partial charge in [0.2, 0.25) is 0 Å². The zero-order chi connectivity index (χ0) is 6.06. The van der Waals surface area contributed by atoms with Gasteiger partial charge in [0.05, 0.1) is 0 Å². The van der Waals surface area contributed by atoms with Gasteiger partial charge >= 0.3 is 0 Å². The molecule has 4 aliphatic carbocycles. The Hall–Kier alpha value is 0. The highest BCUT2D eigenvalue weighted by molar-refractivity contribution is 5.16. The minimum Gasteiger partial charge on any atom is -0.0591 e. The summed E-state index contributed by atoms with van der Waals surface area (Å²) in [7, 11) is 0. The standard InChI is InChI=1S/C9H14/c1-9-5-6-2-3-7(9)8(9)4-6/h6-8H,2-5H2,1H3/t6?,7?,8?,9-/m1/s1. The van der Waals surface area contributed by atoms with Gasteiger partial charge in [-0.25, -0.2) is 0 Å². The molecule has 9 heavy (non-hydrogen) atoms. The SMILES string of the molecule is C[C@@]12CC3CCC1C2C3. The van der Waals surface area contributed by atoms with E-state index in [4.69, 9.17) is 0 Å². The van der Waals surface area contributed by atoms with Crippen molar-refractivity contribution in [2.45, 2.75) is 32.6 Å². The molecular formula is C9H14. The predicted molar refractivity (Wildman–Crippen MR) is 37.0 cm³/mol. The van der Waals surface area contributed by atoms with Crippen molar-refractivity contribution in [3.63, 3.8) is 0 Å². The summed E-state index contributed by atoms with van der Waals surface area (Å²) in [6.45, 7) is 2.52. The van der Waals surface area contributed by atoms with Gasteiger partial charge in [0.1, 0.15) is 0 Å². The molecule has 0 amide bonds. The van der Waals surface area contributed by atoms with Gasteiger partial charge in [0.25, 0.3) is 0 Å². The summed E-state index contributed by atoms with van der Waals surface area (Å²) in [6, 6.07) is 0. The smallest absolute Gasteiger partial charge is 0.0261 e. The number of hydrogen-bond donors (Lipinski definition) is 0. The second kappa shape index (κ2) is 1.09. The topological polar surface area (TPSA) is 0 Å². The summed E-state index contributed by atoms with van der Waals surface area (Å²) in [5.41, 5.74) is 0.878. The maximum absolute atomic E-state index is 2.52. The van der Waals surface area contributed by atoms with Crippen LogP contribution in [0.2, 0.25) is 0 Å². The fourth-order valence-corrected chi connectivity index (χ4v) is 3.73. The predicted octanol–water partition coefficient (Wildman–Crippen LogP) is 2.44. The van der Waals surface area contributed by atoms with Gasteiger partial charge in [-0.3, -0.25) is 0 Å². The summed E-state index contributed by atoms with van der Waals surface area (Å²) in [5.74, 6) is 3.53. The van der Waals surface area contributed by atoms with Crippen molar-refractivity contribution in [2.75, 3.05) is 0 Å². The van der Waals surface area contributed by atoms with Crippen LogP contribution in [0.1, 0.15) is 32.6 Å². The van der Waals surface area contributed by atoms with Crippen LogP contribution < -0.4 is 0 Å². The average molecular weight is 122 g/mol. The third-order valence-corrected chi connectivity index (χ3v) is 4.27. The van der Waals surface area contributed by atoms with E-state index in [9.17, 15) is 0 Å². The molecule has 4 rings (SSSR count). The number of rotatable bonds is 0. The Labute approximate surface area is 56.6 Å². The maximum Gasteiger partial charge on any atom is -0.0261 e. The summed E-state index contributed by atoms with van der Waals surface area (Å²) in [6.07, 6.45) is 6.33. The highest BCUT2D eigenvalue weighted by Crippen LogP contribution is 2.75. The first-order chi connectivity index (χ1) is 4.31. The van der Waals surface area contributed by atoms with Crippen molar-refractivity contribution in [3.05, 3.63) is 0 Å². The van der Waals surface area contributed by atoms with Gasteiger partial charge in [-0.2, -0.15) is 0 Å². The van der Waals surface area contributed by atoms with Crippen LogP contribution in [0.25, 0.3) is 0 Å². The summed E-state index contributed by atoms with van der Waals surface area (Å²) < 4.78 is 0. The van der Waals surface area contributed by atoms with Crippen LogP contribution in [-0.4, -0.2) is 0 Å². The van der Waals surface area contributed by atoms with Crippen LogP contribution in [0.5, 0.6) is 0 Å². The van der Waals surface area contributed by atoms with E-state index in [-0.39, 0.29) is 0 Å². The number of fused-ring (bicyclic) bond motifs is 1. The molecule has 4 fully saturated rings. The van der Waals surface area contributed by atoms with E-state index in [1.165, 1.54) is 11.8 Å². The Kier molecular flexibility index (Phi) is 0.574. The van der Waals surface area contributed by atoms with Crippen molar-refractivity contribution in [3.8, 4) is 0 Å². The lowest BCUT2D eigenvalue weighted by Crippen LogP contribution is -2.12. The van der Waals surface area contributed by atoms with Gasteiger partial charge in [0, 0.05) is 0 Å². The average Bonchev–Trinajstić information content (AvgIpc) is 2.30. The molecule has 0 heteroatoms. The molecule has 3 unspecified atom stereocenters. The largest absolute Gasteiger partial charge is 0.0591 e. The van der Waals surface area contributed by atoms with Crippen molar-refractivity contribution < 1.29 is 0 Å². The quantitative estimate of drug-likeness (QED) is 0.463. The highest BCUT2D eigenvalue weighted by Gasteiger charge is 2.67. The molecule has 0 radical (unpaired) electrons. The van der Waals surface area contributed by atoms with E-state index >= 15 is 0 Å². The van der Waals surface area contributed by atoms with Gasteiger partial charge in [0.15, 0.2) is 0 Å². The monoisotopic (exact) mass is 122 g/mol. The van der Waals surface area contributed by atoms with Crippen molar-refractivity contribution in [1.29, 1.82) is 0 Å². The lowest BCUT2D eigenvalue weighted by atomic mass is 9.82. The van der Waals surface area contributed by atoms with E-state index < -0.39 is 0 Å². The summed E-state index contributed by atoms with van der Waals surface area (Å²) in [5, 5.41) is 0. The second-order valence-corrected chi connectivity index (χ2v) is 4.60. The van der Waals surface area contributed by atoms with E-state index in [1.54, 1.807) is 25.7 Å². The Morgan fingerprint density at radius 2 is 2.11 bits per heavy atom. The second-order valence-electron chi connectivity index (χ2n) is 4.60. The lowest BCUT2D eigenvalue weighted by Gasteiger charge is -2.23. The molecule has 0 spiro atoms. The highest BCUT2D eigenvalue weighted by atomic mass is 14.7. The van der Waals surface area contributed by atoms with Crippen LogP contribution >= 0.6 is 0 Å². The van der Waals surface area contributed by atoms with Gasteiger partial charge in [-0.05, 0) is 42.4 Å². The Morgan fingerprint density at radius 1 is 1.22 bits per heavy atom. The lowest BCUT2D eigenvalue weighted by molar-refractivity contribution is 0.277. The first-order valence-electron chi connectivity index (χ1n) is 4.31. The summed E-state index contributed by atoms with van der Waals surface area (Å²) in [4.78, 5) is 0. The fourth-order valence-electron chi connectivity index (χ4n) is 3.73. The Morgan fingerprint density at radius 3 is 2.33 bits per heavy atom. The van der Waals surface area contributed by atoms with Gasteiger partial charge in [-0.1, -0.05) is 13.3 Å². The zero-order valence-corrected chi connectivity index (χ0v) is 6.06. The van der Waals surface area contributed by atoms with Gasteiger partial charge < -0.3 is 0 Å². The van der Waals surface area contributed by atoms with Crippen molar-refractivity contribution >= 4 is 0 Å². The van der Waals surface area contributed by atoms with Crippen LogP contribution in [0, 0.1) is 23.2 Å². The fraction of sp³-hybridized carbons (Fsp3) is 1.00. The Bertz CT molecular complexity index is 155. The Balaban J connectivity index is 2.02. The van der Waals surface area contributed by atoms with E-state index in [2.05, 4.69) is 6.92 Å². The van der Waals surface area contributed by atoms with Crippen molar-refractivity contribution in [1.82, 2.24) is 0 Å². The molecule has 0 nitrogen and oxygen atoms in total. The van der Waals surface area contributed by atoms with E-state index in [0.717, 1.165) is 11.3 Å². The molecule has 50 valence electrons. The normalized spacial score (nSPS) is 68.3. The molecular weight excluding hydrogens is 108 g/mol. The molecule has 0 heterocycles. The van der Waals surface area contributed by atoms with Crippen molar-refractivity contribution in [2.24, 2.45) is 23.2 Å². The van der Waals surface area contributed by atoms with Crippen LogP contribution in [-0.2, 0) is 0 Å². The molecule has 0 saturated heterocycles. The van der Waals surface area contributed by atoms with Crippen LogP contribution in [0.15, 0.2) is 0 Å². The first-order valence-corrected chi connectivity index (χ1v) is 4.31. The van der Waals surface area contributed by atoms with Crippen LogP contribution in [0.4, 0.5) is 0 Å². The third-order valence-electron chi connectivity index (χ3n) is 4.27. The molecule has 0 aromatic heterocycles. The molecule has 4 saturated carbocycles. The molecule has 4 bridgehead atoms. The van der Waals surface area contributed by atoms with Gasteiger partial charge in [-0.15, -0.1) is 0 Å². The minimum absolute atomic E-state index is 0.878. The minimum atomic E-state index is 0.878. The maximum atomic E-state index is 2.52. The van der Waals surface area contributed by atoms with E-state index in [0.29, 0.717) is 0 Å². The molecule has 0 N–H and O–H groups in total. The molecule has 0 aromatic rings. The van der Waals surface area contributed by atoms with Crippen LogP contribution in [0.3, 0.4) is 0 Å². The molecule has 4 atom stereocenters. The molecule has 0 aromatic carbocycles. The third kappa shape index (κ3) is 0.367. The summed E-state index contributed by atoms with van der Waals surface area (Å²) >= 11 is 0. The molecule has 0 aliphatic heterocycles. The molecule has 4 aliphatic rings. The number of hydrogen-bond acceptors (Lipinski definition) is 0. The zero-order valence-electron chi connectivity index (χ0n) is 6.06. The van der Waals surface area contributed by atoms with E-state index in [1.807, 2.05) is 0 Å². The first kappa shape index (κ1) is 4.76.